The number of carbonyl (C=O) groups excluding carboxylic acids is 1. The summed E-state index contributed by atoms with van der Waals surface area (Å²) >= 11 is 0. The quantitative estimate of drug-likeness (QED) is 0.724. The van der Waals surface area contributed by atoms with Crippen LogP contribution in [0.5, 0.6) is 0 Å². The van der Waals surface area contributed by atoms with Crippen molar-refractivity contribution in [3.8, 4) is 0 Å². The van der Waals surface area contributed by atoms with Gasteiger partial charge in [-0.25, -0.2) is 9.18 Å². The predicted octanol–water partition coefficient (Wildman–Crippen LogP) is 5.08. The van der Waals surface area contributed by atoms with Gasteiger partial charge in [0.05, 0.1) is 11.4 Å². The number of benzene rings is 2. The number of halogens is 1. The van der Waals surface area contributed by atoms with Crippen LogP contribution in [0.1, 0.15) is 43.7 Å². The fourth-order valence-corrected chi connectivity index (χ4v) is 4.89. The first-order chi connectivity index (χ1) is 15.4. The zero-order valence-corrected chi connectivity index (χ0v) is 19.5. The second-order valence-electron chi connectivity index (χ2n) is 9.35. The first kappa shape index (κ1) is 22.6. The Bertz CT molecular complexity index is 931. The highest BCUT2D eigenvalue weighted by atomic mass is 19.1. The molecule has 0 radical (unpaired) electrons. The number of hydrogen-bond donors (Lipinski definition) is 1. The molecular weight excluding hydrogens is 403 g/mol. The van der Waals surface area contributed by atoms with Crippen molar-refractivity contribution in [1.82, 2.24) is 9.80 Å². The number of nitrogens with zero attached hydrogens (tertiary/aromatic N) is 3. The number of aryl methyl sites for hydroxylation is 1. The van der Waals surface area contributed by atoms with Crippen LogP contribution in [0, 0.1) is 12.7 Å². The summed E-state index contributed by atoms with van der Waals surface area (Å²) in [4.78, 5) is 19.7. The van der Waals surface area contributed by atoms with Gasteiger partial charge in [-0.05, 0) is 68.9 Å². The van der Waals surface area contributed by atoms with E-state index in [0.717, 1.165) is 61.5 Å². The number of piperidine rings is 1. The molecule has 0 aromatic heterocycles. The summed E-state index contributed by atoms with van der Waals surface area (Å²) in [5.41, 5.74) is 3.66. The molecule has 2 saturated heterocycles. The molecule has 4 rings (SSSR count). The van der Waals surface area contributed by atoms with Crippen LogP contribution in [0.4, 0.5) is 20.6 Å². The molecule has 5 nitrogen and oxygen atoms in total. The monoisotopic (exact) mass is 438 g/mol. The lowest BCUT2D eigenvalue weighted by Crippen LogP contribution is -2.49. The van der Waals surface area contributed by atoms with Crippen molar-refractivity contribution in [2.75, 3.05) is 49.5 Å². The fraction of sp³-hybridized carbons (Fsp3) is 0.500. The predicted molar refractivity (Wildman–Crippen MR) is 129 cm³/mol. The van der Waals surface area contributed by atoms with Crippen LogP contribution in [-0.4, -0.2) is 61.1 Å². The van der Waals surface area contributed by atoms with Gasteiger partial charge in [0.25, 0.3) is 0 Å². The molecule has 32 heavy (non-hydrogen) atoms. The molecule has 2 fully saturated rings. The Kier molecular flexibility index (Phi) is 6.99. The second kappa shape index (κ2) is 9.90. The molecule has 1 N–H and O–H groups in total. The van der Waals surface area contributed by atoms with Crippen LogP contribution in [0.25, 0.3) is 0 Å². The number of piperazine rings is 1. The number of para-hydroxylation sites is 2. The Morgan fingerprint density at radius 2 is 1.69 bits per heavy atom. The van der Waals surface area contributed by atoms with E-state index in [0.29, 0.717) is 19.1 Å². The minimum absolute atomic E-state index is 0.0684. The second-order valence-corrected chi connectivity index (χ2v) is 9.35. The van der Waals surface area contributed by atoms with Gasteiger partial charge in [0.1, 0.15) is 5.82 Å². The lowest BCUT2D eigenvalue weighted by Gasteiger charge is -2.39. The molecule has 2 aliphatic rings. The van der Waals surface area contributed by atoms with E-state index in [2.05, 4.69) is 35.0 Å². The van der Waals surface area contributed by atoms with Gasteiger partial charge < -0.3 is 15.1 Å². The zero-order chi connectivity index (χ0) is 22.7. The standard InChI is InChI=1S/C26H35FN4O/c1-19(2)29-14-16-30(17-15-29)25-7-5-4-6-24(25)28-26(32)31-12-10-21(11-13-31)22-9-8-20(3)18-23(22)27/h4-9,18-19,21H,10-17H2,1-3H3,(H,28,32). The van der Waals surface area contributed by atoms with E-state index in [1.807, 2.05) is 42.2 Å². The molecule has 2 aromatic carbocycles. The van der Waals surface area contributed by atoms with Gasteiger partial charge in [-0.3, -0.25) is 4.90 Å². The van der Waals surface area contributed by atoms with E-state index < -0.39 is 0 Å². The Balaban J connectivity index is 1.36. The van der Waals surface area contributed by atoms with E-state index in [-0.39, 0.29) is 17.8 Å². The third kappa shape index (κ3) is 5.07. The Hall–Kier alpha value is -2.60. The Labute approximate surface area is 191 Å². The maximum Gasteiger partial charge on any atom is 0.321 e. The number of rotatable bonds is 4. The first-order valence-electron chi connectivity index (χ1n) is 11.8. The van der Waals surface area contributed by atoms with Gasteiger partial charge in [-0.1, -0.05) is 24.3 Å². The molecule has 0 unspecified atom stereocenters. The Morgan fingerprint density at radius 1 is 1.00 bits per heavy atom. The Morgan fingerprint density at radius 3 is 2.34 bits per heavy atom. The van der Waals surface area contributed by atoms with Crippen LogP contribution >= 0.6 is 0 Å². The van der Waals surface area contributed by atoms with Crippen LogP contribution < -0.4 is 10.2 Å². The van der Waals surface area contributed by atoms with Crippen molar-refractivity contribution < 1.29 is 9.18 Å². The zero-order valence-electron chi connectivity index (χ0n) is 19.5. The smallest absolute Gasteiger partial charge is 0.321 e. The first-order valence-corrected chi connectivity index (χ1v) is 11.8. The van der Waals surface area contributed by atoms with E-state index in [4.69, 9.17) is 0 Å². The maximum atomic E-state index is 14.4. The highest BCUT2D eigenvalue weighted by Crippen LogP contribution is 2.31. The molecule has 0 aliphatic carbocycles. The summed E-state index contributed by atoms with van der Waals surface area (Å²) in [5.74, 6) is 0.0450. The van der Waals surface area contributed by atoms with Crippen molar-refractivity contribution in [2.45, 2.75) is 45.6 Å². The highest BCUT2D eigenvalue weighted by Gasteiger charge is 2.27. The van der Waals surface area contributed by atoms with Crippen LogP contribution in [-0.2, 0) is 0 Å². The van der Waals surface area contributed by atoms with Gasteiger partial charge in [0.2, 0.25) is 0 Å². The third-order valence-electron chi connectivity index (χ3n) is 6.91. The lowest BCUT2D eigenvalue weighted by atomic mass is 9.88. The van der Waals surface area contributed by atoms with Gasteiger partial charge in [-0.2, -0.15) is 0 Å². The molecule has 172 valence electrons. The van der Waals surface area contributed by atoms with E-state index in [1.165, 1.54) is 0 Å². The van der Waals surface area contributed by atoms with E-state index in [1.54, 1.807) is 6.07 Å². The molecule has 2 heterocycles. The average Bonchev–Trinajstić information content (AvgIpc) is 2.80. The van der Waals surface area contributed by atoms with Gasteiger partial charge in [0, 0.05) is 45.3 Å². The molecule has 0 atom stereocenters. The number of carbonyl (C=O) groups is 1. The van der Waals surface area contributed by atoms with Crippen LogP contribution in [0.15, 0.2) is 42.5 Å². The van der Waals surface area contributed by atoms with E-state index >= 15 is 0 Å². The molecule has 2 amide bonds. The topological polar surface area (TPSA) is 38.8 Å². The van der Waals surface area contributed by atoms with Crippen molar-refractivity contribution in [3.63, 3.8) is 0 Å². The summed E-state index contributed by atoms with van der Waals surface area (Å²) in [6.07, 6.45) is 1.57. The number of nitrogens with one attached hydrogen (secondary N) is 1. The summed E-state index contributed by atoms with van der Waals surface area (Å²) < 4.78 is 14.4. The van der Waals surface area contributed by atoms with Gasteiger partial charge in [0.15, 0.2) is 0 Å². The van der Waals surface area contributed by atoms with Crippen LogP contribution in [0.3, 0.4) is 0 Å². The van der Waals surface area contributed by atoms with Gasteiger partial charge in [-0.15, -0.1) is 0 Å². The summed E-state index contributed by atoms with van der Waals surface area (Å²) in [6, 6.07) is 14.0. The van der Waals surface area contributed by atoms with Crippen molar-refractivity contribution in [3.05, 3.63) is 59.4 Å². The summed E-state index contributed by atoms with van der Waals surface area (Å²) in [7, 11) is 0. The fourth-order valence-electron chi connectivity index (χ4n) is 4.89. The minimum Gasteiger partial charge on any atom is -0.367 e. The number of anilines is 2. The molecule has 2 aliphatic heterocycles. The normalized spacial score (nSPS) is 18.3. The van der Waals surface area contributed by atoms with Crippen molar-refractivity contribution >= 4 is 17.4 Å². The SMILES string of the molecule is Cc1ccc(C2CCN(C(=O)Nc3ccccc3N3CCN(C(C)C)CC3)CC2)c(F)c1. The molecule has 0 saturated carbocycles. The van der Waals surface area contributed by atoms with Crippen molar-refractivity contribution in [2.24, 2.45) is 0 Å². The molecule has 0 bridgehead atoms. The summed E-state index contributed by atoms with van der Waals surface area (Å²) in [6.45, 7) is 11.6. The largest absolute Gasteiger partial charge is 0.367 e. The number of urea groups is 1. The number of likely N-dealkylation sites (tertiary alicyclic amines) is 1. The van der Waals surface area contributed by atoms with E-state index in [9.17, 15) is 9.18 Å². The summed E-state index contributed by atoms with van der Waals surface area (Å²) in [5, 5.41) is 3.14. The van der Waals surface area contributed by atoms with Gasteiger partial charge >= 0.3 is 6.03 Å². The molecular formula is C26H35FN4O. The number of hydrogen-bond acceptors (Lipinski definition) is 3. The molecule has 0 spiro atoms. The third-order valence-corrected chi connectivity index (χ3v) is 6.91. The lowest BCUT2D eigenvalue weighted by molar-refractivity contribution is 0.194. The minimum atomic E-state index is -0.126. The maximum absolute atomic E-state index is 14.4. The number of amides is 2. The van der Waals surface area contributed by atoms with Crippen LogP contribution in [0.2, 0.25) is 0 Å². The molecule has 2 aromatic rings. The molecule has 6 heteroatoms. The van der Waals surface area contributed by atoms with Crippen molar-refractivity contribution in [1.29, 1.82) is 0 Å². The highest BCUT2D eigenvalue weighted by molar-refractivity contribution is 5.93. The average molecular weight is 439 g/mol.